The molecule has 0 aliphatic carbocycles. The Morgan fingerprint density at radius 2 is 2.03 bits per heavy atom. The first-order valence-electron chi connectivity index (χ1n) is 13.5. The zero-order valence-corrected chi connectivity index (χ0v) is 22.9. The summed E-state index contributed by atoms with van der Waals surface area (Å²) in [5.41, 5.74) is -0.0834. The lowest BCUT2D eigenvalue weighted by Crippen LogP contribution is -2.40. The van der Waals surface area contributed by atoms with Crippen LogP contribution in [0, 0.1) is 11.8 Å². The third kappa shape index (κ3) is 10.2. The molecule has 0 aromatic carbocycles. The van der Waals surface area contributed by atoms with Gasteiger partial charge in [-0.25, -0.2) is 0 Å². The van der Waals surface area contributed by atoms with Gasteiger partial charge in [0.2, 0.25) is 5.91 Å². The summed E-state index contributed by atoms with van der Waals surface area (Å²) in [6, 6.07) is -0.215. The van der Waals surface area contributed by atoms with Gasteiger partial charge in [-0.15, -0.1) is 0 Å². The van der Waals surface area contributed by atoms with Crippen LogP contribution in [-0.4, -0.2) is 58.1 Å². The van der Waals surface area contributed by atoms with Crippen LogP contribution in [-0.2, 0) is 19.1 Å². The molecule has 1 fully saturated rings. The van der Waals surface area contributed by atoms with Crippen molar-refractivity contribution in [3.8, 4) is 0 Å². The second kappa shape index (κ2) is 14.1. The van der Waals surface area contributed by atoms with Crippen molar-refractivity contribution in [2.45, 2.75) is 123 Å². The molecule has 8 atom stereocenters. The molecular formula is C29H47NO6. The van der Waals surface area contributed by atoms with Gasteiger partial charge in [0.05, 0.1) is 30.0 Å². The van der Waals surface area contributed by atoms with E-state index >= 15 is 0 Å². The number of esters is 1. The lowest BCUT2D eigenvalue weighted by atomic mass is 9.91. The van der Waals surface area contributed by atoms with Crippen molar-refractivity contribution in [1.29, 1.82) is 0 Å². The first-order valence-corrected chi connectivity index (χ1v) is 13.5. The highest BCUT2D eigenvalue weighted by molar-refractivity contribution is 5.76. The lowest BCUT2D eigenvalue weighted by Gasteiger charge is -2.25. The largest absolute Gasteiger partial charge is 0.458 e. The van der Waals surface area contributed by atoms with Crippen LogP contribution in [0.1, 0.15) is 86.5 Å². The van der Waals surface area contributed by atoms with Crippen molar-refractivity contribution in [1.82, 2.24) is 5.32 Å². The predicted octanol–water partition coefficient (Wildman–Crippen LogP) is 4.38. The Kier molecular flexibility index (Phi) is 11.9. The molecule has 2 heterocycles. The van der Waals surface area contributed by atoms with Gasteiger partial charge in [0.1, 0.15) is 6.10 Å². The number of hydrogen-bond donors (Lipinski definition) is 3. The van der Waals surface area contributed by atoms with Crippen molar-refractivity contribution >= 4 is 11.9 Å². The first-order chi connectivity index (χ1) is 16.9. The van der Waals surface area contributed by atoms with E-state index in [9.17, 15) is 19.8 Å². The zero-order valence-electron chi connectivity index (χ0n) is 22.9. The van der Waals surface area contributed by atoms with Crippen molar-refractivity contribution < 1.29 is 29.3 Å². The van der Waals surface area contributed by atoms with Gasteiger partial charge < -0.3 is 25.0 Å². The van der Waals surface area contributed by atoms with Gasteiger partial charge in [0.15, 0.2) is 0 Å². The van der Waals surface area contributed by atoms with E-state index in [0.29, 0.717) is 19.3 Å². The van der Waals surface area contributed by atoms with E-state index in [1.54, 1.807) is 13.0 Å². The fourth-order valence-corrected chi connectivity index (χ4v) is 4.89. The van der Waals surface area contributed by atoms with E-state index in [0.717, 1.165) is 31.3 Å². The van der Waals surface area contributed by atoms with E-state index in [1.807, 2.05) is 52.0 Å². The molecule has 204 valence electrons. The molecule has 2 aliphatic heterocycles. The van der Waals surface area contributed by atoms with E-state index in [-0.39, 0.29) is 48.1 Å². The van der Waals surface area contributed by atoms with E-state index < -0.39 is 11.7 Å². The molecule has 2 rings (SSSR count). The van der Waals surface area contributed by atoms with E-state index in [2.05, 4.69) is 5.32 Å². The number of aliphatic hydroxyl groups is 2. The quantitative estimate of drug-likeness (QED) is 0.186. The molecule has 3 N–H and O–H groups in total. The number of epoxide rings is 1. The molecule has 0 aromatic rings. The average Bonchev–Trinajstić information content (AvgIpc) is 3.55. The molecule has 0 bridgehead atoms. The Bertz CT molecular complexity index is 817. The summed E-state index contributed by atoms with van der Waals surface area (Å²) in [5, 5.41) is 24.1. The predicted molar refractivity (Wildman–Crippen MR) is 141 cm³/mol. The van der Waals surface area contributed by atoms with Crippen LogP contribution in [0.25, 0.3) is 0 Å². The van der Waals surface area contributed by atoms with E-state index in [4.69, 9.17) is 9.47 Å². The summed E-state index contributed by atoms with van der Waals surface area (Å²) in [7, 11) is 0. The minimum atomic E-state index is -1.05. The van der Waals surface area contributed by atoms with Gasteiger partial charge in [0, 0.05) is 25.7 Å². The molecular weight excluding hydrogens is 458 g/mol. The van der Waals surface area contributed by atoms with Crippen molar-refractivity contribution in [2.24, 2.45) is 11.8 Å². The number of amides is 1. The molecule has 1 saturated heterocycles. The number of aliphatic hydroxyl groups excluding tert-OH is 1. The molecule has 7 nitrogen and oxygen atoms in total. The normalized spacial score (nSPS) is 31.5. The first kappa shape index (κ1) is 30.3. The van der Waals surface area contributed by atoms with E-state index in [1.165, 1.54) is 6.92 Å². The highest BCUT2D eigenvalue weighted by Gasteiger charge is 2.47. The number of nitrogens with one attached hydrogen (secondary N) is 1. The highest BCUT2D eigenvalue weighted by Crippen LogP contribution is 2.37. The number of carbonyl (C=O) groups excluding carboxylic acids is 2. The number of hydrogen-bond acceptors (Lipinski definition) is 6. The number of rotatable bonds is 9. The van der Waals surface area contributed by atoms with Crippen LogP contribution >= 0.6 is 0 Å². The van der Waals surface area contributed by atoms with Crippen LogP contribution in [0.15, 0.2) is 36.0 Å². The van der Waals surface area contributed by atoms with Gasteiger partial charge in [-0.2, -0.15) is 0 Å². The van der Waals surface area contributed by atoms with Crippen molar-refractivity contribution in [2.75, 3.05) is 0 Å². The minimum Gasteiger partial charge on any atom is -0.458 e. The van der Waals surface area contributed by atoms with Crippen LogP contribution in [0.3, 0.4) is 0 Å². The average molecular weight is 506 g/mol. The topological polar surface area (TPSA) is 108 Å². The monoisotopic (exact) mass is 505 g/mol. The van der Waals surface area contributed by atoms with Gasteiger partial charge in [0.25, 0.3) is 0 Å². The minimum absolute atomic E-state index is 0.0105. The summed E-state index contributed by atoms with van der Waals surface area (Å²) in [4.78, 5) is 24.0. The Labute approximate surface area is 217 Å². The lowest BCUT2D eigenvalue weighted by molar-refractivity contribution is -0.144. The zero-order chi connectivity index (χ0) is 26.9. The SMILES string of the molecule is CC[C@H](O)[C@@H](C)[C@H]1O[C@@H]1C[C@@](C)(O)/C=C/C=C(/C)C1NC(=O)CCCCCC(OC(C)=O)C=CC1C. The van der Waals surface area contributed by atoms with Crippen molar-refractivity contribution in [3.63, 3.8) is 0 Å². The van der Waals surface area contributed by atoms with Gasteiger partial charge in [-0.05, 0) is 51.5 Å². The number of carbonyl (C=O) groups is 2. The number of allylic oxidation sites excluding steroid dienone is 2. The second-order valence-corrected chi connectivity index (χ2v) is 10.8. The highest BCUT2D eigenvalue weighted by atomic mass is 16.6. The summed E-state index contributed by atoms with van der Waals surface area (Å²) < 4.78 is 11.2. The third-order valence-corrected chi connectivity index (χ3v) is 7.27. The number of ether oxygens (including phenoxy) is 2. The second-order valence-electron chi connectivity index (χ2n) is 10.8. The van der Waals surface area contributed by atoms with Crippen LogP contribution < -0.4 is 5.32 Å². The Hall–Kier alpha value is -1.96. The maximum Gasteiger partial charge on any atom is 0.303 e. The fourth-order valence-electron chi connectivity index (χ4n) is 4.89. The molecule has 0 spiro atoms. The third-order valence-electron chi connectivity index (χ3n) is 7.27. The Balaban J connectivity index is 2.06. The molecule has 36 heavy (non-hydrogen) atoms. The maximum atomic E-state index is 12.6. The van der Waals surface area contributed by atoms with Gasteiger partial charge in [-0.3, -0.25) is 9.59 Å². The van der Waals surface area contributed by atoms with Crippen LogP contribution in [0.5, 0.6) is 0 Å². The smallest absolute Gasteiger partial charge is 0.303 e. The molecule has 3 unspecified atom stereocenters. The Morgan fingerprint density at radius 3 is 2.69 bits per heavy atom. The standard InChI is InChI=1S/C29H47NO6/c1-7-24(32)21(4)28-25(36-28)18-29(6,34)17-11-12-19(2)27-20(3)15-16-23(35-22(5)31)13-9-8-10-14-26(33)30-27/h11-12,15-17,20-21,23-25,27-28,32,34H,7-10,13-14,18H2,1-6H3,(H,30,33)/b16-15?,17-11+,19-12-/t20?,21-,23?,24+,25-,27?,28-,29+/m1/s1. The summed E-state index contributed by atoms with van der Waals surface area (Å²) in [5.74, 6) is -0.229. The fraction of sp³-hybridized carbons (Fsp3) is 0.724. The molecule has 0 saturated carbocycles. The van der Waals surface area contributed by atoms with Crippen LogP contribution in [0.4, 0.5) is 0 Å². The van der Waals surface area contributed by atoms with Crippen LogP contribution in [0.2, 0.25) is 0 Å². The van der Waals surface area contributed by atoms with Gasteiger partial charge in [-0.1, -0.05) is 57.1 Å². The van der Waals surface area contributed by atoms with Gasteiger partial charge >= 0.3 is 5.97 Å². The summed E-state index contributed by atoms with van der Waals surface area (Å²) >= 11 is 0. The maximum absolute atomic E-state index is 12.6. The summed E-state index contributed by atoms with van der Waals surface area (Å²) in [6.45, 7) is 11.1. The Morgan fingerprint density at radius 1 is 1.31 bits per heavy atom. The summed E-state index contributed by atoms with van der Waals surface area (Å²) in [6.07, 6.45) is 13.7. The molecule has 1 amide bonds. The molecule has 7 heteroatoms. The molecule has 0 aromatic heterocycles. The molecule has 2 aliphatic rings. The van der Waals surface area contributed by atoms with Crippen molar-refractivity contribution in [3.05, 3.63) is 36.0 Å². The molecule has 0 radical (unpaired) electrons.